The molecule has 7 nitrogen and oxygen atoms in total. The van der Waals surface area contributed by atoms with Gasteiger partial charge in [-0.3, -0.25) is 4.90 Å². The molecule has 0 unspecified atom stereocenters. The lowest BCUT2D eigenvalue weighted by Gasteiger charge is -2.36. The van der Waals surface area contributed by atoms with E-state index in [1.54, 1.807) is 18.2 Å². The van der Waals surface area contributed by atoms with Crippen molar-refractivity contribution in [2.24, 2.45) is 0 Å². The summed E-state index contributed by atoms with van der Waals surface area (Å²) in [7, 11) is -1.30. The Morgan fingerprint density at radius 3 is 2.58 bits per heavy atom. The predicted octanol–water partition coefficient (Wildman–Crippen LogP) is 1.58. The SMILES string of the molecule is C[C@@H]1CN(CCN(C)c2ncnc3ccc(S(C)(=O)=O)cc23)C[C@H](C)O1. The van der Waals surface area contributed by atoms with Crippen molar-refractivity contribution in [1.29, 1.82) is 0 Å². The molecule has 2 aromatic rings. The number of hydrogen-bond donors (Lipinski definition) is 0. The molecule has 1 saturated heterocycles. The largest absolute Gasteiger partial charge is 0.373 e. The van der Waals surface area contributed by atoms with Gasteiger partial charge in [-0.2, -0.15) is 0 Å². The predicted molar refractivity (Wildman–Crippen MR) is 102 cm³/mol. The summed E-state index contributed by atoms with van der Waals surface area (Å²) in [4.78, 5) is 13.4. The molecule has 26 heavy (non-hydrogen) atoms. The quantitative estimate of drug-likeness (QED) is 0.782. The number of hydrogen-bond acceptors (Lipinski definition) is 7. The number of aromatic nitrogens is 2. The lowest BCUT2D eigenvalue weighted by atomic mass is 10.2. The Morgan fingerprint density at radius 2 is 1.92 bits per heavy atom. The fourth-order valence-electron chi connectivity index (χ4n) is 3.42. The van der Waals surface area contributed by atoms with Gasteiger partial charge in [-0.05, 0) is 32.0 Å². The number of fused-ring (bicyclic) bond motifs is 1. The molecule has 1 fully saturated rings. The smallest absolute Gasteiger partial charge is 0.175 e. The Hall–Kier alpha value is -1.77. The summed E-state index contributed by atoms with van der Waals surface area (Å²) in [6.07, 6.45) is 3.21. The van der Waals surface area contributed by atoms with Crippen molar-refractivity contribution in [3.8, 4) is 0 Å². The third-order valence-corrected chi connectivity index (χ3v) is 5.73. The first-order valence-corrected chi connectivity index (χ1v) is 10.7. The van der Waals surface area contributed by atoms with Gasteiger partial charge in [0.1, 0.15) is 12.1 Å². The number of benzene rings is 1. The number of anilines is 1. The fourth-order valence-corrected chi connectivity index (χ4v) is 4.07. The highest BCUT2D eigenvalue weighted by atomic mass is 32.2. The third kappa shape index (κ3) is 4.31. The molecular formula is C18H26N4O3S. The molecule has 2 heterocycles. The van der Waals surface area contributed by atoms with Gasteiger partial charge < -0.3 is 9.64 Å². The van der Waals surface area contributed by atoms with Crippen molar-refractivity contribution in [2.45, 2.75) is 31.0 Å². The van der Waals surface area contributed by atoms with Crippen LogP contribution in [0.2, 0.25) is 0 Å². The van der Waals surface area contributed by atoms with E-state index in [-0.39, 0.29) is 17.1 Å². The highest BCUT2D eigenvalue weighted by molar-refractivity contribution is 7.90. The van der Waals surface area contributed by atoms with Crippen LogP contribution >= 0.6 is 0 Å². The minimum Gasteiger partial charge on any atom is -0.373 e. The maximum atomic E-state index is 11.9. The Bertz CT molecular complexity index is 877. The first-order chi connectivity index (χ1) is 12.2. The average molecular weight is 378 g/mol. The van der Waals surface area contributed by atoms with Gasteiger partial charge in [0.15, 0.2) is 9.84 Å². The molecule has 1 aromatic carbocycles. The van der Waals surface area contributed by atoms with Gasteiger partial charge in [0.05, 0.1) is 22.6 Å². The lowest BCUT2D eigenvalue weighted by molar-refractivity contribution is -0.0670. The molecule has 8 heteroatoms. The molecule has 3 rings (SSSR count). The molecular weight excluding hydrogens is 352 g/mol. The normalized spacial score (nSPS) is 21.8. The van der Waals surface area contributed by atoms with E-state index >= 15 is 0 Å². The minimum atomic E-state index is -3.27. The van der Waals surface area contributed by atoms with Crippen LogP contribution in [0, 0.1) is 0 Å². The Labute approximate surface area is 154 Å². The van der Waals surface area contributed by atoms with Crippen LogP contribution in [0.5, 0.6) is 0 Å². The van der Waals surface area contributed by atoms with Crippen LogP contribution in [0.1, 0.15) is 13.8 Å². The van der Waals surface area contributed by atoms with Crippen molar-refractivity contribution in [3.05, 3.63) is 24.5 Å². The molecule has 142 valence electrons. The molecule has 0 bridgehead atoms. The molecule has 0 saturated carbocycles. The van der Waals surface area contributed by atoms with Gasteiger partial charge in [-0.15, -0.1) is 0 Å². The molecule has 2 atom stereocenters. The number of nitrogens with zero attached hydrogens (tertiary/aromatic N) is 4. The van der Waals surface area contributed by atoms with Crippen LogP contribution in [0.15, 0.2) is 29.4 Å². The molecule has 1 aliphatic rings. The fraction of sp³-hybridized carbons (Fsp3) is 0.556. The highest BCUT2D eigenvalue weighted by Gasteiger charge is 2.22. The number of ether oxygens (including phenoxy) is 1. The van der Waals surface area contributed by atoms with E-state index < -0.39 is 9.84 Å². The van der Waals surface area contributed by atoms with E-state index in [9.17, 15) is 8.42 Å². The summed E-state index contributed by atoms with van der Waals surface area (Å²) in [6, 6.07) is 4.98. The topological polar surface area (TPSA) is 75.6 Å². The Balaban J connectivity index is 1.80. The maximum Gasteiger partial charge on any atom is 0.175 e. The van der Waals surface area contributed by atoms with Crippen LogP contribution in [0.3, 0.4) is 0 Å². The Kier molecular flexibility index (Phi) is 5.45. The van der Waals surface area contributed by atoms with Crippen molar-refractivity contribution >= 4 is 26.6 Å². The zero-order valence-corrected chi connectivity index (χ0v) is 16.5. The summed E-state index contributed by atoms with van der Waals surface area (Å²) in [6.45, 7) is 7.70. The number of morpholine rings is 1. The molecule has 1 aromatic heterocycles. The molecule has 0 aliphatic carbocycles. The van der Waals surface area contributed by atoms with Crippen molar-refractivity contribution in [3.63, 3.8) is 0 Å². The summed E-state index contributed by atoms with van der Waals surface area (Å²) in [5.74, 6) is 0.745. The maximum absolute atomic E-state index is 11.9. The highest BCUT2D eigenvalue weighted by Crippen LogP contribution is 2.25. The minimum absolute atomic E-state index is 0.237. The van der Waals surface area contributed by atoms with Crippen LogP contribution in [-0.4, -0.2) is 75.0 Å². The van der Waals surface area contributed by atoms with E-state index in [1.165, 1.54) is 12.6 Å². The molecule has 0 amide bonds. The van der Waals surface area contributed by atoms with Crippen LogP contribution in [0.25, 0.3) is 10.9 Å². The van der Waals surface area contributed by atoms with Crippen molar-refractivity contribution in [1.82, 2.24) is 14.9 Å². The van der Waals surface area contributed by atoms with E-state index in [0.717, 1.165) is 42.9 Å². The van der Waals surface area contributed by atoms with Gasteiger partial charge in [-0.1, -0.05) is 0 Å². The summed E-state index contributed by atoms with van der Waals surface area (Å²) >= 11 is 0. The molecule has 0 N–H and O–H groups in total. The van der Waals surface area contributed by atoms with E-state index in [4.69, 9.17) is 4.74 Å². The number of likely N-dealkylation sites (N-methyl/N-ethyl adjacent to an activating group) is 1. The zero-order chi connectivity index (χ0) is 18.9. The summed E-state index contributed by atoms with van der Waals surface area (Å²) in [5, 5.41) is 0.752. The van der Waals surface area contributed by atoms with Gasteiger partial charge in [0.25, 0.3) is 0 Å². The van der Waals surface area contributed by atoms with Crippen molar-refractivity contribution in [2.75, 3.05) is 44.4 Å². The van der Waals surface area contributed by atoms with E-state index in [2.05, 4.69) is 33.6 Å². The molecule has 0 spiro atoms. The van der Waals surface area contributed by atoms with E-state index in [1.807, 2.05) is 7.05 Å². The van der Waals surface area contributed by atoms with E-state index in [0.29, 0.717) is 0 Å². The summed E-state index contributed by atoms with van der Waals surface area (Å²) in [5.41, 5.74) is 0.739. The second-order valence-corrected chi connectivity index (χ2v) is 9.10. The summed E-state index contributed by atoms with van der Waals surface area (Å²) < 4.78 is 29.5. The third-order valence-electron chi connectivity index (χ3n) is 4.62. The average Bonchev–Trinajstić information content (AvgIpc) is 2.57. The van der Waals surface area contributed by atoms with Crippen molar-refractivity contribution < 1.29 is 13.2 Å². The zero-order valence-electron chi connectivity index (χ0n) is 15.7. The van der Waals surface area contributed by atoms with Gasteiger partial charge >= 0.3 is 0 Å². The lowest BCUT2D eigenvalue weighted by Crippen LogP contribution is -2.47. The van der Waals surface area contributed by atoms with Gasteiger partial charge in [0, 0.05) is 44.9 Å². The van der Waals surface area contributed by atoms with Crippen LogP contribution in [0.4, 0.5) is 5.82 Å². The van der Waals surface area contributed by atoms with Crippen LogP contribution < -0.4 is 4.90 Å². The monoisotopic (exact) mass is 378 g/mol. The van der Waals surface area contributed by atoms with Gasteiger partial charge in [-0.25, -0.2) is 18.4 Å². The number of rotatable bonds is 5. The van der Waals surface area contributed by atoms with Gasteiger partial charge in [0.2, 0.25) is 0 Å². The second-order valence-electron chi connectivity index (χ2n) is 7.09. The molecule has 0 radical (unpaired) electrons. The second kappa shape index (κ2) is 7.46. The standard InChI is InChI=1S/C18H26N4O3S/c1-13-10-22(11-14(2)25-13)8-7-21(3)18-16-9-15(26(4,23)24)5-6-17(16)19-12-20-18/h5-6,9,12-14H,7-8,10-11H2,1-4H3/t13-,14+. The first kappa shape index (κ1) is 19.0. The number of sulfone groups is 1. The Morgan fingerprint density at radius 1 is 1.23 bits per heavy atom. The van der Waals surface area contributed by atoms with Crippen LogP contribution in [-0.2, 0) is 14.6 Å². The first-order valence-electron chi connectivity index (χ1n) is 8.78. The molecule has 1 aliphatic heterocycles.